The number of benzene rings is 1. The monoisotopic (exact) mass is 148 g/mol. The van der Waals surface area contributed by atoms with Gasteiger partial charge in [-0.1, -0.05) is 6.92 Å². The number of rotatable bonds is 0. The molecule has 0 fully saturated rings. The minimum atomic E-state index is 0.605. The lowest BCUT2D eigenvalue weighted by atomic mass is 10.0. The maximum atomic E-state index is 5.67. The van der Waals surface area contributed by atoms with Crippen molar-refractivity contribution in [1.82, 2.24) is 0 Å². The second-order valence-corrected chi connectivity index (χ2v) is 3.13. The first kappa shape index (κ1) is 6.53. The summed E-state index contributed by atoms with van der Waals surface area (Å²) in [4.78, 5) is 0. The average molecular weight is 148 g/mol. The first-order valence-corrected chi connectivity index (χ1v) is 3.90. The zero-order valence-corrected chi connectivity index (χ0v) is 6.59. The second kappa shape index (κ2) is 2.16. The van der Waals surface area contributed by atoms with Crippen LogP contribution in [0.25, 0.3) is 0 Å². The molecule has 0 saturated heterocycles. The van der Waals surface area contributed by atoms with Gasteiger partial charge in [0.25, 0.3) is 0 Å². The van der Waals surface area contributed by atoms with E-state index in [-0.39, 0.29) is 0 Å². The summed E-state index contributed by atoms with van der Waals surface area (Å²) < 4.78 is 0. The Morgan fingerprint density at radius 3 is 3.18 bits per heavy atom. The van der Waals surface area contributed by atoms with Crippen molar-refractivity contribution in [2.24, 2.45) is 0 Å². The van der Waals surface area contributed by atoms with Crippen LogP contribution in [-0.4, -0.2) is 6.54 Å². The maximum absolute atomic E-state index is 5.67. The number of nitrogen functional groups attached to an aromatic ring is 1. The van der Waals surface area contributed by atoms with Crippen LogP contribution in [-0.2, 0) is 0 Å². The molecular weight excluding hydrogens is 136 g/mol. The third-order valence-corrected chi connectivity index (χ3v) is 2.21. The van der Waals surface area contributed by atoms with Gasteiger partial charge in [0.1, 0.15) is 0 Å². The molecule has 11 heavy (non-hydrogen) atoms. The van der Waals surface area contributed by atoms with Crippen LogP contribution in [0.4, 0.5) is 11.4 Å². The Balaban J connectivity index is 2.52. The van der Waals surface area contributed by atoms with Crippen molar-refractivity contribution in [2.45, 2.75) is 12.8 Å². The fourth-order valence-electron chi connectivity index (χ4n) is 1.52. The minimum Gasteiger partial charge on any atom is -0.399 e. The molecule has 1 atom stereocenters. The highest BCUT2D eigenvalue weighted by atomic mass is 14.9. The average Bonchev–Trinajstić information content (AvgIpc) is 2.33. The number of nitrogens with one attached hydrogen (secondary N) is 1. The molecule has 1 aromatic rings. The molecule has 1 heterocycles. The van der Waals surface area contributed by atoms with Crippen molar-refractivity contribution in [2.75, 3.05) is 17.6 Å². The summed E-state index contributed by atoms with van der Waals surface area (Å²) >= 11 is 0. The van der Waals surface area contributed by atoms with E-state index in [1.54, 1.807) is 0 Å². The predicted octanol–water partition coefficient (Wildman–Crippen LogP) is 1.80. The number of anilines is 2. The molecule has 1 aliphatic heterocycles. The Morgan fingerprint density at radius 2 is 2.36 bits per heavy atom. The summed E-state index contributed by atoms with van der Waals surface area (Å²) in [6.45, 7) is 3.25. The Labute approximate surface area is 66.4 Å². The van der Waals surface area contributed by atoms with Crippen LogP contribution < -0.4 is 11.1 Å². The van der Waals surface area contributed by atoms with Gasteiger partial charge in [-0.25, -0.2) is 0 Å². The quantitative estimate of drug-likeness (QED) is 0.550. The first-order valence-electron chi connectivity index (χ1n) is 3.90. The van der Waals surface area contributed by atoms with Crippen molar-refractivity contribution >= 4 is 11.4 Å². The van der Waals surface area contributed by atoms with E-state index < -0.39 is 0 Å². The van der Waals surface area contributed by atoms with Crippen LogP contribution in [0.3, 0.4) is 0 Å². The predicted molar refractivity (Wildman–Crippen MR) is 47.8 cm³/mol. The van der Waals surface area contributed by atoms with Crippen LogP contribution in [0.15, 0.2) is 18.2 Å². The first-order chi connectivity index (χ1) is 5.27. The Morgan fingerprint density at radius 1 is 1.55 bits per heavy atom. The number of nitrogens with two attached hydrogens (primary N) is 1. The van der Waals surface area contributed by atoms with E-state index in [2.05, 4.69) is 18.3 Å². The molecule has 1 aliphatic rings. The van der Waals surface area contributed by atoms with Gasteiger partial charge in [-0.05, 0) is 23.8 Å². The second-order valence-electron chi connectivity index (χ2n) is 3.13. The van der Waals surface area contributed by atoms with E-state index >= 15 is 0 Å². The maximum Gasteiger partial charge on any atom is 0.0377 e. The van der Waals surface area contributed by atoms with Crippen molar-refractivity contribution in [3.05, 3.63) is 23.8 Å². The van der Waals surface area contributed by atoms with Gasteiger partial charge in [-0.15, -0.1) is 0 Å². The van der Waals surface area contributed by atoms with Gasteiger partial charge in [0.2, 0.25) is 0 Å². The molecule has 1 aromatic carbocycles. The minimum absolute atomic E-state index is 0.605. The van der Waals surface area contributed by atoms with E-state index in [1.165, 1.54) is 11.3 Å². The van der Waals surface area contributed by atoms with Crippen molar-refractivity contribution in [3.63, 3.8) is 0 Å². The molecule has 0 amide bonds. The zero-order chi connectivity index (χ0) is 7.84. The lowest BCUT2D eigenvalue weighted by Crippen LogP contribution is -1.95. The molecular formula is C9H12N2. The summed E-state index contributed by atoms with van der Waals surface area (Å²) in [7, 11) is 0. The van der Waals surface area contributed by atoms with Crippen molar-refractivity contribution < 1.29 is 0 Å². The molecule has 58 valence electrons. The number of fused-ring (bicyclic) bond motifs is 1. The van der Waals surface area contributed by atoms with E-state index in [1.807, 2.05) is 12.1 Å². The van der Waals surface area contributed by atoms with E-state index in [4.69, 9.17) is 5.73 Å². The van der Waals surface area contributed by atoms with Gasteiger partial charge in [-0.2, -0.15) is 0 Å². The van der Waals surface area contributed by atoms with Crippen molar-refractivity contribution in [3.8, 4) is 0 Å². The number of hydrogen-bond acceptors (Lipinski definition) is 2. The van der Waals surface area contributed by atoms with Gasteiger partial charge in [0, 0.05) is 23.8 Å². The highest BCUT2D eigenvalue weighted by Crippen LogP contribution is 2.31. The van der Waals surface area contributed by atoms with E-state index in [0.717, 1.165) is 12.2 Å². The number of hydrogen-bond donors (Lipinski definition) is 2. The summed E-state index contributed by atoms with van der Waals surface area (Å²) in [5.41, 5.74) is 9.12. The standard InChI is InChI=1S/C9H12N2/c1-6-5-11-9-3-2-7(10)4-8(6)9/h2-4,6,11H,5,10H2,1H3. The van der Waals surface area contributed by atoms with Crippen LogP contribution in [0.5, 0.6) is 0 Å². The van der Waals surface area contributed by atoms with Crippen LogP contribution in [0.1, 0.15) is 18.4 Å². The van der Waals surface area contributed by atoms with Gasteiger partial charge >= 0.3 is 0 Å². The third kappa shape index (κ3) is 0.946. The van der Waals surface area contributed by atoms with Crippen molar-refractivity contribution in [1.29, 1.82) is 0 Å². The molecule has 0 aliphatic carbocycles. The molecule has 2 heteroatoms. The molecule has 0 radical (unpaired) electrons. The zero-order valence-electron chi connectivity index (χ0n) is 6.59. The fourth-order valence-corrected chi connectivity index (χ4v) is 1.52. The Kier molecular flexibility index (Phi) is 1.28. The van der Waals surface area contributed by atoms with Crippen LogP contribution in [0.2, 0.25) is 0 Å². The lowest BCUT2D eigenvalue weighted by molar-refractivity contribution is 0.854. The Hall–Kier alpha value is -1.18. The molecule has 3 N–H and O–H groups in total. The molecule has 0 saturated carbocycles. The fraction of sp³-hybridized carbons (Fsp3) is 0.333. The molecule has 0 aromatic heterocycles. The van der Waals surface area contributed by atoms with Crippen LogP contribution >= 0.6 is 0 Å². The summed E-state index contributed by atoms with van der Waals surface area (Å²) in [5, 5.41) is 3.32. The highest BCUT2D eigenvalue weighted by Gasteiger charge is 2.16. The topological polar surface area (TPSA) is 38.0 Å². The van der Waals surface area contributed by atoms with E-state index in [0.29, 0.717) is 5.92 Å². The molecule has 1 unspecified atom stereocenters. The van der Waals surface area contributed by atoms with Crippen LogP contribution in [0, 0.1) is 0 Å². The largest absolute Gasteiger partial charge is 0.399 e. The van der Waals surface area contributed by atoms with Gasteiger partial charge in [0.15, 0.2) is 0 Å². The van der Waals surface area contributed by atoms with Gasteiger partial charge in [-0.3, -0.25) is 0 Å². The third-order valence-electron chi connectivity index (χ3n) is 2.21. The Bertz CT molecular complexity index is 281. The SMILES string of the molecule is CC1CNc2ccc(N)cc21. The van der Waals surface area contributed by atoms with E-state index in [9.17, 15) is 0 Å². The van der Waals surface area contributed by atoms with Gasteiger partial charge in [0.05, 0.1) is 0 Å². The molecule has 0 bridgehead atoms. The lowest BCUT2D eigenvalue weighted by Gasteiger charge is -2.02. The molecule has 2 rings (SSSR count). The summed E-state index contributed by atoms with van der Waals surface area (Å²) in [6.07, 6.45) is 0. The molecule has 0 spiro atoms. The normalized spacial score (nSPS) is 21.0. The van der Waals surface area contributed by atoms with Gasteiger partial charge < -0.3 is 11.1 Å². The smallest absolute Gasteiger partial charge is 0.0377 e. The highest BCUT2D eigenvalue weighted by molar-refractivity contribution is 5.62. The summed E-state index contributed by atoms with van der Waals surface area (Å²) in [6, 6.07) is 6.04. The summed E-state index contributed by atoms with van der Waals surface area (Å²) in [5.74, 6) is 0.605. The molecule has 2 nitrogen and oxygen atoms in total.